The topological polar surface area (TPSA) is 99.1 Å². The summed E-state index contributed by atoms with van der Waals surface area (Å²) in [5.41, 5.74) is 6.87. The van der Waals surface area contributed by atoms with Crippen LogP contribution in [0.1, 0.15) is 25.3 Å². The summed E-state index contributed by atoms with van der Waals surface area (Å²) in [4.78, 5) is 4.12. The third kappa shape index (κ3) is 2.59. The molecule has 6 nitrogen and oxygen atoms in total. The molecule has 2 aromatic rings. The van der Waals surface area contributed by atoms with Gasteiger partial charge in [-0.25, -0.2) is 8.42 Å². The third-order valence-corrected chi connectivity index (χ3v) is 5.50. The molecule has 0 radical (unpaired) electrons. The van der Waals surface area contributed by atoms with Crippen molar-refractivity contribution in [3.63, 3.8) is 0 Å². The fourth-order valence-corrected chi connectivity index (χ4v) is 2.25. The highest BCUT2D eigenvalue weighted by molar-refractivity contribution is 7.91. The van der Waals surface area contributed by atoms with E-state index in [0.717, 1.165) is 5.56 Å². The highest BCUT2D eigenvalue weighted by Gasteiger charge is 2.32. The van der Waals surface area contributed by atoms with E-state index in [2.05, 4.69) is 10.1 Å². The molecule has 0 bridgehead atoms. The predicted octanol–water partition coefficient (Wildman–Crippen LogP) is 1.47. The van der Waals surface area contributed by atoms with E-state index in [-0.39, 0.29) is 6.54 Å². The summed E-state index contributed by atoms with van der Waals surface area (Å²) in [6.45, 7) is 3.54. The summed E-state index contributed by atoms with van der Waals surface area (Å²) in [5.74, 6) is 0.801. The van der Waals surface area contributed by atoms with Crippen LogP contribution < -0.4 is 5.73 Å². The van der Waals surface area contributed by atoms with Crippen LogP contribution in [0.4, 0.5) is 0 Å². The summed E-state index contributed by atoms with van der Waals surface area (Å²) < 4.78 is 27.6. The van der Waals surface area contributed by atoms with E-state index >= 15 is 0 Å². The molecule has 0 atom stereocenters. The van der Waals surface area contributed by atoms with Crippen LogP contribution in [-0.4, -0.2) is 24.8 Å². The first kappa shape index (κ1) is 14.7. The summed E-state index contributed by atoms with van der Waals surface area (Å²) in [6, 6.07) is 7.06. The Morgan fingerprint density at radius 1 is 1.25 bits per heavy atom. The third-order valence-electron chi connectivity index (χ3n) is 3.41. The van der Waals surface area contributed by atoms with Crippen molar-refractivity contribution < 1.29 is 12.9 Å². The molecule has 2 N–H and O–H groups in total. The molecule has 1 heterocycles. The van der Waals surface area contributed by atoms with Gasteiger partial charge in [0, 0.05) is 11.8 Å². The molecule has 0 amide bonds. The number of sulfone groups is 1. The number of hydrogen-bond donors (Lipinski definition) is 1. The number of benzene rings is 1. The lowest BCUT2D eigenvalue weighted by molar-refractivity contribution is 0.380. The molecule has 20 heavy (non-hydrogen) atoms. The molecule has 1 aromatic carbocycles. The van der Waals surface area contributed by atoms with Gasteiger partial charge in [0.1, 0.15) is 0 Å². The average molecular weight is 295 g/mol. The lowest BCUT2D eigenvalue weighted by Gasteiger charge is -2.23. The normalized spacial score (nSPS) is 12.6. The molecule has 0 aliphatic heterocycles. The van der Waals surface area contributed by atoms with Gasteiger partial charge in [0.2, 0.25) is 11.7 Å². The van der Waals surface area contributed by atoms with Gasteiger partial charge in [-0.05, 0) is 19.4 Å². The lowest BCUT2D eigenvalue weighted by Crippen LogP contribution is -2.27. The second-order valence-electron chi connectivity index (χ2n) is 5.08. The van der Waals surface area contributed by atoms with Crippen LogP contribution in [0.25, 0.3) is 11.4 Å². The molecule has 0 unspecified atom stereocenters. The van der Waals surface area contributed by atoms with Crippen molar-refractivity contribution in [2.45, 2.75) is 25.1 Å². The first-order valence-corrected chi connectivity index (χ1v) is 7.98. The van der Waals surface area contributed by atoms with Gasteiger partial charge in [-0.15, -0.1) is 0 Å². The van der Waals surface area contributed by atoms with Gasteiger partial charge in [0.15, 0.2) is 9.84 Å². The molecule has 0 saturated heterocycles. The molecule has 7 heteroatoms. The Morgan fingerprint density at radius 3 is 2.30 bits per heavy atom. The fraction of sp³-hybridized carbons (Fsp3) is 0.385. The molecule has 0 aliphatic carbocycles. The van der Waals surface area contributed by atoms with Crippen LogP contribution >= 0.6 is 0 Å². The van der Waals surface area contributed by atoms with Crippen molar-refractivity contribution in [3.05, 3.63) is 35.7 Å². The number of rotatable bonds is 4. The van der Waals surface area contributed by atoms with Gasteiger partial charge in [-0.3, -0.25) is 0 Å². The quantitative estimate of drug-likeness (QED) is 0.917. The second kappa shape index (κ2) is 4.99. The Hall–Kier alpha value is -1.73. The molecular weight excluding hydrogens is 278 g/mol. The summed E-state index contributed by atoms with van der Waals surface area (Å²) in [6.07, 6.45) is 1.23. The maximum Gasteiger partial charge on any atom is 0.240 e. The summed E-state index contributed by atoms with van der Waals surface area (Å²) in [5, 5.41) is 3.81. The standard InChI is InChI=1S/C13H17N3O3S/c1-13(2,20(3,17)18)10-6-4-9(5-7-10)12-15-11(8-14)19-16-12/h4-7H,8,14H2,1-3H3. The average Bonchev–Trinajstić information content (AvgIpc) is 2.86. The largest absolute Gasteiger partial charge is 0.338 e. The van der Waals surface area contributed by atoms with E-state index in [0.29, 0.717) is 17.3 Å². The molecule has 0 spiro atoms. The zero-order valence-electron chi connectivity index (χ0n) is 11.6. The number of hydrogen-bond acceptors (Lipinski definition) is 6. The van der Waals surface area contributed by atoms with Crippen LogP contribution in [0.15, 0.2) is 28.8 Å². The number of nitrogens with two attached hydrogens (primary N) is 1. The van der Waals surface area contributed by atoms with Crippen molar-refractivity contribution in [1.82, 2.24) is 10.1 Å². The van der Waals surface area contributed by atoms with E-state index in [9.17, 15) is 8.42 Å². The second-order valence-corrected chi connectivity index (χ2v) is 7.64. The molecular formula is C13H17N3O3S. The summed E-state index contributed by atoms with van der Waals surface area (Å²) in [7, 11) is -3.20. The minimum absolute atomic E-state index is 0.187. The molecule has 1 aromatic heterocycles. The number of aromatic nitrogens is 2. The zero-order valence-corrected chi connectivity index (χ0v) is 12.4. The molecule has 2 rings (SSSR count). The van der Waals surface area contributed by atoms with Gasteiger partial charge in [-0.2, -0.15) is 4.98 Å². The first-order chi connectivity index (χ1) is 9.25. The van der Waals surface area contributed by atoms with Gasteiger partial charge >= 0.3 is 0 Å². The lowest BCUT2D eigenvalue weighted by atomic mass is 10.0. The zero-order chi connectivity index (χ0) is 15.0. The maximum atomic E-state index is 11.8. The SMILES string of the molecule is CC(C)(c1ccc(-c2noc(CN)n2)cc1)S(C)(=O)=O. The van der Waals surface area contributed by atoms with E-state index in [1.54, 1.807) is 38.1 Å². The Bertz CT molecular complexity index is 703. The van der Waals surface area contributed by atoms with E-state index in [1.165, 1.54) is 6.26 Å². The Balaban J connectivity index is 2.36. The van der Waals surface area contributed by atoms with Crippen molar-refractivity contribution >= 4 is 9.84 Å². The molecule has 0 saturated carbocycles. The monoisotopic (exact) mass is 295 g/mol. The van der Waals surface area contributed by atoms with Crippen LogP contribution in [0.5, 0.6) is 0 Å². The van der Waals surface area contributed by atoms with Gasteiger partial charge in [-0.1, -0.05) is 29.4 Å². The van der Waals surface area contributed by atoms with E-state index in [4.69, 9.17) is 10.3 Å². The van der Waals surface area contributed by atoms with E-state index < -0.39 is 14.6 Å². The summed E-state index contributed by atoms with van der Waals surface area (Å²) >= 11 is 0. The maximum absolute atomic E-state index is 11.8. The molecule has 0 aliphatic rings. The van der Waals surface area contributed by atoms with Crippen LogP contribution in [0.3, 0.4) is 0 Å². The van der Waals surface area contributed by atoms with Crippen LogP contribution in [0, 0.1) is 0 Å². The van der Waals surface area contributed by atoms with Crippen molar-refractivity contribution in [2.24, 2.45) is 5.73 Å². The molecule has 0 fully saturated rings. The fourth-order valence-electron chi connectivity index (χ4n) is 1.69. The van der Waals surface area contributed by atoms with Gasteiger partial charge < -0.3 is 10.3 Å². The molecule has 108 valence electrons. The minimum atomic E-state index is -3.20. The highest BCUT2D eigenvalue weighted by Crippen LogP contribution is 2.30. The Kier molecular flexibility index (Phi) is 3.66. The van der Waals surface area contributed by atoms with Crippen LogP contribution in [0.2, 0.25) is 0 Å². The number of nitrogens with zero attached hydrogens (tertiary/aromatic N) is 2. The van der Waals surface area contributed by atoms with Crippen LogP contribution in [-0.2, 0) is 21.1 Å². The van der Waals surface area contributed by atoms with Crippen molar-refractivity contribution in [1.29, 1.82) is 0 Å². The van der Waals surface area contributed by atoms with E-state index in [1.807, 2.05) is 0 Å². The minimum Gasteiger partial charge on any atom is -0.338 e. The Labute approximate surface area is 117 Å². The smallest absolute Gasteiger partial charge is 0.240 e. The van der Waals surface area contributed by atoms with Gasteiger partial charge in [0.05, 0.1) is 11.3 Å². The predicted molar refractivity (Wildman–Crippen MR) is 75.5 cm³/mol. The van der Waals surface area contributed by atoms with Crippen molar-refractivity contribution in [2.75, 3.05) is 6.26 Å². The first-order valence-electron chi connectivity index (χ1n) is 6.09. The highest BCUT2D eigenvalue weighted by atomic mass is 32.2. The van der Waals surface area contributed by atoms with Crippen molar-refractivity contribution in [3.8, 4) is 11.4 Å². The van der Waals surface area contributed by atoms with Gasteiger partial charge in [0.25, 0.3) is 0 Å². The Morgan fingerprint density at radius 2 is 1.85 bits per heavy atom.